The SMILES string of the molecule is COc1ccccc1-c1cc(=O)n(C)c(=O)n1C. The van der Waals surface area contributed by atoms with Crippen LogP contribution in [-0.2, 0) is 14.1 Å². The highest BCUT2D eigenvalue weighted by Crippen LogP contribution is 2.27. The van der Waals surface area contributed by atoms with Crippen LogP contribution in [0.4, 0.5) is 0 Å². The van der Waals surface area contributed by atoms with Gasteiger partial charge in [-0.1, -0.05) is 12.1 Å². The second-order valence-corrected chi connectivity index (χ2v) is 3.97. The van der Waals surface area contributed by atoms with Crippen LogP contribution in [0.5, 0.6) is 5.75 Å². The minimum Gasteiger partial charge on any atom is -0.496 e. The highest BCUT2D eigenvalue weighted by atomic mass is 16.5. The number of benzene rings is 1. The van der Waals surface area contributed by atoms with Gasteiger partial charge in [0.1, 0.15) is 5.75 Å². The first kappa shape index (κ1) is 12.2. The van der Waals surface area contributed by atoms with E-state index >= 15 is 0 Å². The summed E-state index contributed by atoms with van der Waals surface area (Å²) in [5, 5.41) is 0. The number of aromatic nitrogens is 2. The van der Waals surface area contributed by atoms with Crippen molar-refractivity contribution in [2.45, 2.75) is 0 Å². The Kier molecular flexibility index (Phi) is 3.06. The Morgan fingerprint density at radius 2 is 1.72 bits per heavy atom. The monoisotopic (exact) mass is 246 g/mol. The predicted octanol–water partition coefficient (Wildman–Crippen LogP) is 0.760. The molecule has 0 aliphatic heterocycles. The van der Waals surface area contributed by atoms with Crippen LogP contribution in [0.15, 0.2) is 39.9 Å². The van der Waals surface area contributed by atoms with Gasteiger partial charge in [-0.3, -0.25) is 13.9 Å². The minimum atomic E-state index is -0.358. The molecule has 0 saturated carbocycles. The van der Waals surface area contributed by atoms with E-state index in [1.54, 1.807) is 20.2 Å². The van der Waals surface area contributed by atoms with Gasteiger partial charge in [0.25, 0.3) is 5.56 Å². The van der Waals surface area contributed by atoms with Crippen molar-refractivity contribution in [2.24, 2.45) is 14.1 Å². The molecule has 1 heterocycles. The summed E-state index contributed by atoms with van der Waals surface area (Å²) in [7, 11) is 4.64. The molecule has 0 saturated heterocycles. The van der Waals surface area contributed by atoms with E-state index in [0.717, 1.165) is 10.1 Å². The summed E-state index contributed by atoms with van der Waals surface area (Å²) in [6, 6.07) is 8.70. The minimum absolute atomic E-state index is 0.334. The molecular weight excluding hydrogens is 232 g/mol. The summed E-state index contributed by atoms with van der Waals surface area (Å²) >= 11 is 0. The van der Waals surface area contributed by atoms with Crippen LogP contribution in [0, 0.1) is 0 Å². The number of nitrogens with zero attached hydrogens (tertiary/aromatic N) is 2. The van der Waals surface area contributed by atoms with Crippen molar-refractivity contribution in [3.63, 3.8) is 0 Å². The lowest BCUT2D eigenvalue weighted by Gasteiger charge is -2.12. The topological polar surface area (TPSA) is 53.2 Å². The number of para-hydroxylation sites is 1. The summed E-state index contributed by atoms with van der Waals surface area (Å²) in [6.45, 7) is 0. The molecule has 0 amide bonds. The van der Waals surface area contributed by atoms with Crippen LogP contribution in [-0.4, -0.2) is 16.2 Å². The predicted molar refractivity (Wildman–Crippen MR) is 68.9 cm³/mol. The molecule has 2 aromatic rings. The van der Waals surface area contributed by atoms with E-state index in [-0.39, 0.29) is 11.2 Å². The van der Waals surface area contributed by atoms with Gasteiger partial charge < -0.3 is 4.74 Å². The molecule has 1 aromatic carbocycles. The summed E-state index contributed by atoms with van der Waals surface area (Å²) < 4.78 is 7.74. The van der Waals surface area contributed by atoms with E-state index in [1.165, 1.54) is 17.7 Å². The van der Waals surface area contributed by atoms with Crippen molar-refractivity contribution >= 4 is 0 Å². The van der Waals surface area contributed by atoms with Gasteiger partial charge >= 0.3 is 5.69 Å². The Bertz CT molecular complexity index is 698. The molecule has 2 rings (SSSR count). The molecule has 0 radical (unpaired) electrons. The Labute approximate surface area is 104 Å². The van der Waals surface area contributed by atoms with Gasteiger partial charge in [-0.25, -0.2) is 4.79 Å². The van der Waals surface area contributed by atoms with Crippen LogP contribution in [0.3, 0.4) is 0 Å². The van der Waals surface area contributed by atoms with E-state index in [9.17, 15) is 9.59 Å². The third kappa shape index (κ3) is 1.84. The maximum atomic E-state index is 11.9. The van der Waals surface area contributed by atoms with Gasteiger partial charge in [-0.05, 0) is 12.1 Å². The fourth-order valence-electron chi connectivity index (χ4n) is 1.85. The van der Waals surface area contributed by atoms with E-state index in [0.29, 0.717) is 11.4 Å². The molecule has 0 bridgehead atoms. The molecule has 0 atom stereocenters. The zero-order valence-electron chi connectivity index (χ0n) is 10.5. The van der Waals surface area contributed by atoms with E-state index < -0.39 is 0 Å². The first-order valence-electron chi connectivity index (χ1n) is 5.46. The fourth-order valence-corrected chi connectivity index (χ4v) is 1.85. The number of ether oxygens (including phenoxy) is 1. The van der Waals surface area contributed by atoms with Crippen LogP contribution in [0.2, 0.25) is 0 Å². The standard InChI is InChI=1S/C13H14N2O3/c1-14-10(8-12(16)15(2)13(14)17)9-6-4-5-7-11(9)18-3/h4-8H,1-3H3. The maximum Gasteiger partial charge on any atom is 0.330 e. The van der Waals surface area contributed by atoms with E-state index in [2.05, 4.69) is 0 Å². The van der Waals surface area contributed by atoms with Crippen LogP contribution in [0.1, 0.15) is 0 Å². The quantitative estimate of drug-likeness (QED) is 0.786. The van der Waals surface area contributed by atoms with Crippen molar-refractivity contribution < 1.29 is 4.74 Å². The highest BCUT2D eigenvalue weighted by molar-refractivity contribution is 5.67. The Balaban J connectivity index is 2.80. The molecule has 0 fully saturated rings. The summed E-state index contributed by atoms with van der Waals surface area (Å²) in [6.07, 6.45) is 0. The van der Waals surface area contributed by atoms with E-state index in [1.807, 2.05) is 18.2 Å². The Hall–Kier alpha value is -2.30. The summed E-state index contributed by atoms with van der Waals surface area (Å²) in [5.74, 6) is 0.626. The first-order chi connectivity index (χ1) is 8.56. The Morgan fingerprint density at radius 1 is 1.06 bits per heavy atom. The first-order valence-corrected chi connectivity index (χ1v) is 5.46. The molecule has 0 unspecified atom stereocenters. The van der Waals surface area contributed by atoms with Crippen molar-refractivity contribution in [3.8, 4) is 17.0 Å². The molecule has 18 heavy (non-hydrogen) atoms. The lowest BCUT2D eigenvalue weighted by atomic mass is 10.1. The number of hydrogen-bond donors (Lipinski definition) is 0. The fraction of sp³-hybridized carbons (Fsp3) is 0.231. The average Bonchev–Trinajstić information content (AvgIpc) is 2.40. The zero-order chi connectivity index (χ0) is 13.3. The molecule has 1 aromatic heterocycles. The lowest BCUT2D eigenvalue weighted by Crippen LogP contribution is -2.37. The van der Waals surface area contributed by atoms with Gasteiger partial charge in [0, 0.05) is 25.7 Å². The second-order valence-electron chi connectivity index (χ2n) is 3.97. The number of methoxy groups -OCH3 is 1. The van der Waals surface area contributed by atoms with Crippen LogP contribution >= 0.6 is 0 Å². The number of hydrogen-bond acceptors (Lipinski definition) is 3. The molecule has 0 aliphatic carbocycles. The molecule has 5 heteroatoms. The normalized spacial score (nSPS) is 10.4. The second kappa shape index (κ2) is 4.52. The zero-order valence-corrected chi connectivity index (χ0v) is 10.5. The highest BCUT2D eigenvalue weighted by Gasteiger charge is 2.11. The third-order valence-electron chi connectivity index (χ3n) is 2.91. The smallest absolute Gasteiger partial charge is 0.330 e. The van der Waals surface area contributed by atoms with Gasteiger partial charge in [0.05, 0.1) is 12.8 Å². The van der Waals surface area contributed by atoms with Crippen LogP contribution < -0.4 is 16.0 Å². The van der Waals surface area contributed by atoms with Gasteiger partial charge in [-0.15, -0.1) is 0 Å². The van der Waals surface area contributed by atoms with Crippen molar-refractivity contribution in [2.75, 3.05) is 7.11 Å². The van der Waals surface area contributed by atoms with E-state index in [4.69, 9.17) is 4.74 Å². The molecule has 94 valence electrons. The maximum absolute atomic E-state index is 11.9. The molecule has 0 N–H and O–H groups in total. The molecule has 5 nitrogen and oxygen atoms in total. The van der Waals surface area contributed by atoms with Gasteiger partial charge in [0.15, 0.2) is 0 Å². The summed E-state index contributed by atoms with van der Waals surface area (Å²) in [4.78, 5) is 23.6. The largest absolute Gasteiger partial charge is 0.496 e. The van der Waals surface area contributed by atoms with Crippen molar-refractivity contribution in [3.05, 3.63) is 51.2 Å². The van der Waals surface area contributed by atoms with Crippen molar-refractivity contribution in [1.29, 1.82) is 0 Å². The van der Waals surface area contributed by atoms with Gasteiger partial charge in [-0.2, -0.15) is 0 Å². The van der Waals surface area contributed by atoms with Crippen LogP contribution in [0.25, 0.3) is 11.3 Å². The average molecular weight is 246 g/mol. The molecule has 0 aliphatic rings. The molecular formula is C13H14N2O3. The Morgan fingerprint density at radius 3 is 2.39 bits per heavy atom. The van der Waals surface area contributed by atoms with Gasteiger partial charge in [0.2, 0.25) is 0 Å². The lowest BCUT2D eigenvalue weighted by molar-refractivity contribution is 0.416. The van der Waals surface area contributed by atoms with Crippen molar-refractivity contribution in [1.82, 2.24) is 9.13 Å². The number of rotatable bonds is 2. The molecule has 0 spiro atoms. The summed E-state index contributed by atoms with van der Waals surface area (Å²) in [5.41, 5.74) is 0.570. The third-order valence-corrected chi connectivity index (χ3v) is 2.91.